The minimum absolute atomic E-state index is 0.00437. The SMILES string of the molecule is Cc1c(OCC2CC3(CCN(CC(=O)N4CCN(c5cc6c(cc5F)C(=O)N(C5CCC(=O)NC5=O)C6=O)CC4)CC3)C2)cccc1-c1ccc(N2CCc3cccc(C(=O)Nc4nc5ccccc5s4)c3C2)nc1C(=O)O. The smallest absolute Gasteiger partial charge is 0.355 e. The second kappa shape index (κ2) is 20.4. The molecule has 1 unspecified atom stereocenters. The van der Waals surface area contributed by atoms with Crippen molar-refractivity contribution in [3.63, 3.8) is 0 Å². The maximum absolute atomic E-state index is 15.5. The number of rotatable bonds is 12. The van der Waals surface area contributed by atoms with Crippen LogP contribution in [0.15, 0.2) is 84.9 Å². The van der Waals surface area contributed by atoms with Gasteiger partial charge in [0.15, 0.2) is 10.8 Å². The van der Waals surface area contributed by atoms with Crippen molar-refractivity contribution in [2.75, 3.05) is 74.1 Å². The number of carbonyl (C=O) groups is 7. The van der Waals surface area contributed by atoms with Crippen LogP contribution in [0.4, 0.5) is 21.0 Å². The Morgan fingerprint density at radius 1 is 0.821 bits per heavy atom. The monoisotopic (exact) mass is 1070 g/mol. The quantitative estimate of drug-likeness (QED) is 0.106. The predicted octanol–water partition coefficient (Wildman–Crippen LogP) is 6.94. The third-order valence-corrected chi connectivity index (χ3v) is 17.6. The van der Waals surface area contributed by atoms with E-state index in [1.54, 1.807) is 9.80 Å². The van der Waals surface area contributed by atoms with Crippen molar-refractivity contribution in [2.24, 2.45) is 11.3 Å². The molecule has 1 aliphatic carbocycles. The fraction of sp³-hybridized carbons (Fsp3) is 0.362. The molecule has 5 aliphatic heterocycles. The van der Waals surface area contributed by atoms with Crippen molar-refractivity contribution in [3.05, 3.63) is 130 Å². The number of aromatic nitrogens is 2. The summed E-state index contributed by atoms with van der Waals surface area (Å²) in [5.74, 6) is -3.18. The summed E-state index contributed by atoms with van der Waals surface area (Å²) in [6.07, 6.45) is 4.65. The van der Waals surface area contributed by atoms with Gasteiger partial charge in [0.25, 0.3) is 17.7 Å². The number of nitrogens with one attached hydrogen (secondary N) is 2. The highest BCUT2D eigenvalue weighted by atomic mass is 32.1. The van der Waals surface area contributed by atoms with Crippen LogP contribution in [0, 0.1) is 24.1 Å². The van der Waals surface area contributed by atoms with E-state index in [4.69, 9.17) is 9.72 Å². The van der Waals surface area contributed by atoms with E-state index in [1.807, 2.05) is 84.6 Å². The Labute approximate surface area is 452 Å². The zero-order valence-electron chi connectivity index (χ0n) is 42.9. The first-order valence-electron chi connectivity index (χ1n) is 26.5. The number of amides is 6. The van der Waals surface area contributed by atoms with Crippen LogP contribution in [0.25, 0.3) is 21.3 Å². The van der Waals surface area contributed by atoms with Gasteiger partial charge in [-0.05, 0) is 141 Å². The van der Waals surface area contributed by atoms with Crippen LogP contribution in [0.2, 0.25) is 0 Å². The van der Waals surface area contributed by atoms with Crippen molar-refractivity contribution in [2.45, 2.75) is 64.5 Å². The fourth-order valence-electron chi connectivity index (χ4n) is 12.4. The number of para-hydroxylation sites is 1. The number of aromatic carboxylic acids is 1. The Balaban J connectivity index is 0.615. The normalized spacial score (nSPS) is 19.4. The number of hydrogen-bond acceptors (Lipinski definition) is 14. The molecule has 1 spiro atoms. The van der Waals surface area contributed by atoms with E-state index in [2.05, 4.69) is 20.5 Å². The summed E-state index contributed by atoms with van der Waals surface area (Å²) < 4.78 is 23.0. The van der Waals surface area contributed by atoms with E-state index in [0.29, 0.717) is 92.6 Å². The van der Waals surface area contributed by atoms with Gasteiger partial charge in [-0.3, -0.25) is 49.2 Å². The van der Waals surface area contributed by atoms with Crippen molar-refractivity contribution in [1.29, 1.82) is 0 Å². The number of nitrogens with zero attached hydrogens (tertiary/aromatic N) is 7. The number of carboxylic acid groups (broad SMARTS) is 1. The third kappa shape index (κ3) is 9.50. The standard InChI is InChI=1S/C58H56FN9O9S/c1-33-36(37-12-14-48(61-51(37)56(75)76)67-19-16-35-6-4-8-38(41(35)30-67)52(71)63-57-60-43-9-2-3-11-47(43)78-57)7-5-10-46(33)77-32-34-28-58(29-34)17-20-64(21-18-58)31-50(70)66-24-22-65(23-25-66)45-27-40-39(26-42(45)59)54(73)68(55(40)74)44-13-15-49(69)62-53(44)72/h2-12,14,26-27,34,44H,13,15-25,28-32H2,1H3,(H,75,76)(H,60,63,71)(H,62,69,72). The summed E-state index contributed by atoms with van der Waals surface area (Å²) >= 11 is 1.42. The molecule has 18 nitrogen and oxygen atoms in total. The van der Waals surface area contributed by atoms with Crippen LogP contribution in [0.5, 0.6) is 5.75 Å². The summed E-state index contributed by atoms with van der Waals surface area (Å²) in [5.41, 5.74) is 5.50. The topological polar surface area (TPSA) is 215 Å². The molecule has 2 aromatic heterocycles. The number of anilines is 3. The molecule has 6 aliphatic rings. The van der Waals surface area contributed by atoms with Gasteiger partial charge in [0.05, 0.1) is 40.2 Å². The first-order chi connectivity index (χ1) is 37.7. The Hall–Kier alpha value is -8.10. The van der Waals surface area contributed by atoms with Gasteiger partial charge < -0.3 is 24.5 Å². The molecule has 4 aromatic carbocycles. The molecule has 0 radical (unpaired) electrons. The van der Waals surface area contributed by atoms with E-state index >= 15 is 4.39 Å². The minimum atomic E-state index is -1.15. The lowest BCUT2D eigenvalue weighted by atomic mass is 9.58. The number of pyridine rings is 1. The van der Waals surface area contributed by atoms with Gasteiger partial charge in [-0.25, -0.2) is 19.2 Å². The first kappa shape index (κ1) is 50.7. The van der Waals surface area contributed by atoms with Crippen LogP contribution in [-0.2, 0) is 27.3 Å². The van der Waals surface area contributed by atoms with Gasteiger partial charge in [-0.2, -0.15) is 0 Å². The average Bonchev–Trinajstić information content (AvgIpc) is 4.14. The number of fused-ring (bicyclic) bond motifs is 3. The number of hydrogen-bond donors (Lipinski definition) is 3. The zero-order valence-corrected chi connectivity index (χ0v) is 43.7. The number of carboxylic acids is 1. The van der Waals surface area contributed by atoms with Gasteiger partial charge in [0, 0.05) is 56.8 Å². The van der Waals surface area contributed by atoms with E-state index < -0.39 is 41.5 Å². The van der Waals surface area contributed by atoms with Crippen LogP contribution in [0.3, 0.4) is 0 Å². The molecule has 7 heterocycles. The number of benzene rings is 4. The van der Waals surface area contributed by atoms with Gasteiger partial charge >= 0.3 is 5.97 Å². The highest BCUT2D eigenvalue weighted by Gasteiger charge is 2.47. The summed E-state index contributed by atoms with van der Waals surface area (Å²) in [5, 5.41) is 16.2. The van der Waals surface area contributed by atoms with Crippen molar-refractivity contribution in [3.8, 4) is 16.9 Å². The molecule has 12 rings (SSSR count). The Bertz CT molecular complexity index is 3460. The third-order valence-electron chi connectivity index (χ3n) is 16.7. The summed E-state index contributed by atoms with van der Waals surface area (Å²) in [4.78, 5) is 109. The first-order valence-corrected chi connectivity index (χ1v) is 27.3. The number of thiazole rings is 1. The maximum Gasteiger partial charge on any atom is 0.355 e. The van der Waals surface area contributed by atoms with Gasteiger partial charge in [0.2, 0.25) is 17.7 Å². The number of likely N-dealkylation sites (tertiary alicyclic amines) is 1. The second-order valence-electron chi connectivity index (χ2n) is 21.4. The molecule has 1 atom stereocenters. The largest absolute Gasteiger partial charge is 0.493 e. The summed E-state index contributed by atoms with van der Waals surface area (Å²) in [6, 6.07) is 24.0. The molecular formula is C58H56FN9O9S. The molecular weight excluding hydrogens is 1020 g/mol. The van der Waals surface area contributed by atoms with Crippen LogP contribution < -0.4 is 25.2 Å². The summed E-state index contributed by atoms with van der Waals surface area (Å²) in [7, 11) is 0. The molecule has 6 amide bonds. The van der Waals surface area contributed by atoms with E-state index in [9.17, 15) is 38.7 Å². The Morgan fingerprint density at radius 2 is 1.58 bits per heavy atom. The highest BCUT2D eigenvalue weighted by molar-refractivity contribution is 7.22. The van der Waals surface area contributed by atoms with Gasteiger partial charge in [0.1, 0.15) is 23.4 Å². The van der Waals surface area contributed by atoms with E-state index in [-0.39, 0.29) is 52.6 Å². The number of halogens is 1. The lowest BCUT2D eigenvalue weighted by molar-refractivity contribution is -0.136. The van der Waals surface area contributed by atoms with Crippen LogP contribution >= 0.6 is 11.3 Å². The van der Waals surface area contributed by atoms with E-state index in [0.717, 1.165) is 82.2 Å². The number of piperidine rings is 2. The minimum Gasteiger partial charge on any atom is -0.493 e. The number of ether oxygens (including phenoxy) is 1. The molecule has 3 saturated heterocycles. The van der Waals surface area contributed by atoms with Crippen LogP contribution in [0.1, 0.15) is 96.8 Å². The second-order valence-corrected chi connectivity index (χ2v) is 22.4. The van der Waals surface area contributed by atoms with Crippen molar-refractivity contribution in [1.82, 2.24) is 30.0 Å². The molecule has 4 fully saturated rings. The molecule has 20 heteroatoms. The molecule has 78 heavy (non-hydrogen) atoms. The Morgan fingerprint density at radius 3 is 2.33 bits per heavy atom. The van der Waals surface area contributed by atoms with Crippen molar-refractivity contribution >= 4 is 79.6 Å². The highest BCUT2D eigenvalue weighted by Crippen LogP contribution is 2.53. The number of carbonyl (C=O) groups excluding carboxylic acids is 6. The molecule has 3 N–H and O–H groups in total. The molecule has 1 saturated carbocycles. The maximum atomic E-state index is 15.5. The fourth-order valence-corrected chi connectivity index (χ4v) is 13.3. The van der Waals surface area contributed by atoms with E-state index in [1.165, 1.54) is 17.4 Å². The average molecular weight is 1070 g/mol. The molecule has 0 bridgehead atoms. The predicted molar refractivity (Wildman–Crippen MR) is 288 cm³/mol. The zero-order chi connectivity index (χ0) is 54.0. The summed E-state index contributed by atoms with van der Waals surface area (Å²) in [6.45, 7) is 6.75. The lowest BCUT2D eigenvalue weighted by Crippen LogP contribution is -2.54. The Kier molecular flexibility index (Phi) is 13.2. The molecule has 400 valence electrons. The molecule has 6 aromatic rings. The lowest BCUT2D eigenvalue weighted by Gasteiger charge is -2.52. The van der Waals surface area contributed by atoms with Gasteiger partial charge in [-0.15, -0.1) is 0 Å². The number of imide groups is 2. The number of piperazine rings is 1. The van der Waals surface area contributed by atoms with Gasteiger partial charge in [-0.1, -0.05) is 47.7 Å². The van der Waals surface area contributed by atoms with Crippen LogP contribution in [-0.4, -0.2) is 136 Å². The van der Waals surface area contributed by atoms with Crippen molar-refractivity contribution < 1.29 is 47.8 Å².